The third kappa shape index (κ3) is 5.63. The second kappa shape index (κ2) is 5.97. The van der Waals surface area contributed by atoms with Crippen molar-refractivity contribution >= 4 is 17.8 Å². The fourth-order valence-electron chi connectivity index (χ4n) is 0.828. The molecule has 1 amide bonds. The predicted molar refractivity (Wildman–Crippen MR) is 50.1 cm³/mol. The summed E-state index contributed by atoms with van der Waals surface area (Å²) >= 11 is 0. The lowest BCUT2D eigenvalue weighted by Gasteiger charge is -2.14. The lowest BCUT2D eigenvalue weighted by atomic mass is 10.1. The molecule has 0 aromatic heterocycles. The molecule has 0 unspecified atom stereocenters. The highest BCUT2D eigenvalue weighted by molar-refractivity contribution is 5.86. The molecule has 0 aliphatic heterocycles. The standard InChI is InChI=1S/C8H14N2O5/c1-4(9)7(13)10-5(8(14)15)2-3-6(11)12/h4-5H,2-3,9H2,1H3,(H,10,13)(H,11,12)(H,14,15)/t4-,5+/m0/s1. The zero-order chi connectivity index (χ0) is 12.0. The van der Waals surface area contributed by atoms with E-state index < -0.39 is 29.9 Å². The molecule has 0 saturated heterocycles. The Balaban J connectivity index is 4.22. The van der Waals surface area contributed by atoms with E-state index in [9.17, 15) is 14.4 Å². The normalized spacial score (nSPS) is 14.0. The number of aliphatic carboxylic acids is 2. The van der Waals surface area contributed by atoms with Crippen molar-refractivity contribution in [1.29, 1.82) is 0 Å². The van der Waals surface area contributed by atoms with Crippen molar-refractivity contribution in [2.24, 2.45) is 5.73 Å². The van der Waals surface area contributed by atoms with Gasteiger partial charge < -0.3 is 21.3 Å². The van der Waals surface area contributed by atoms with Crippen molar-refractivity contribution in [2.75, 3.05) is 0 Å². The van der Waals surface area contributed by atoms with Crippen molar-refractivity contribution in [3.8, 4) is 0 Å². The molecule has 0 bridgehead atoms. The Morgan fingerprint density at radius 3 is 2.20 bits per heavy atom. The number of nitrogens with two attached hydrogens (primary N) is 1. The molecule has 0 heterocycles. The Hall–Kier alpha value is -1.63. The minimum Gasteiger partial charge on any atom is -0.481 e. The van der Waals surface area contributed by atoms with E-state index in [1.807, 2.05) is 0 Å². The first-order valence-electron chi connectivity index (χ1n) is 4.35. The number of carboxylic acid groups (broad SMARTS) is 2. The molecule has 0 aromatic carbocycles. The Morgan fingerprint density at radius 2 is 1.87 bits per heavy atom. The van der Waals surface area contributed by atoms with Gasteiger partial charge in [-0.2, -0.15) is 0 Å². The lowest BCUT2D eigenvalue weighted by molar-refractivity contribution is -0.143. The van der Waals surface area contributed by atoms with Gasteiger partial charge in [-0.3, -0.25) is 9.59 Å². The van der Waals surface area contributed by atoms with E-state index in [0.717, 1.165) is 0 Å². The summed E-state index contributed by atoms with van der Waals surface area (Å²) < 4.78 is 0. The smallest absolute Gasteiger partial charge is 0.326 e. The van der Waals surface area contributed by atoms with Gasteiger partial charge in [0.05, 0.1) is 6.04 Å². The van der Waals surface area contributed by atoms with Gasteiger partial charge in [-0.25, -0.2) is 4.79 Å². The van der Waals surface area contributed by atoms with Crippen LogP contribution in [0.5, 0.6) is 0 Å². The molecule has 7 nitrogen and oxygen atoms in total. The average molecular weight is 218 g/mol. The molecule has 0 spiro atoms. The largest absolute Gasteiger partial charge is 0.481 e. The number of carboxylic acids is 2. The zero-order valence-electron chi connectivity index (χ0n) is 8.27. The molecule has 86 valence electrons. The highest BCUT2D eigenvalue weighted by Gasteiger charge is 2.21. The summed E-state index contributed by atoms with van der Waals surface area (Å²) in [5.74, 6) is -3.01. The van der Waals surface area contributed by atoms with Gasteiger partial charge in [-0.15, -0.1) is 0 Å². The molecule has 0 aliphatic rings. The number of carbonyl (C=O) groups is 3. The maximum Gasteiger partial charge on any atom is 0.326 e. The lowest BCUT2D eigenvalue weighted by Crippen LogP contribution is -2.47. The van der Waals surface area contributed by atoms with E-state index >= 15 is 0 Å². The van der Waals surface area contributed by atoms with Crippen LogP contribution in [0.25, 0.3) is 0 Å². The van der Waals surface area contributed by atoms with Gasteiger partial charge in [0.2, 0.25) is 5.91 Å². The minimum atomic E-state index is -1.27. The molecule has 0 aliphatic carbocycles. The van der Waals surface area contributed by atoms with Crippen molar-refractivity contribution in [1.82, 2.24) is 5.32 Å². The van der Waals surface area contributed by atoms with Gasteiger partial charge in [0.15, 0.2) is 0 Å². The summed E-state index contributed by atoms with van der Waals surface area (Å²) in [4.78, 5) is 31.9. The molecule has 15 heavy (non-hydrogen) atoms. The van der Waals surface area contributed by atoms with Crippen LogP contribution >= 0.6 is 0 Å². The molecular weight excluding hydrogens is 204 g/mol. The Morgan fingerprint density at radius 1 is 1.33 bits per heavy atom. The van der Waals surface area contributed by atoms with Gasteiger partial charge in [0, 0.05) is 6.42 Å². The van der Waals surface area contributed by atoms with Crippen LogP contribution in [-0.2, 0) is 14.4 Å². The van der Waals surface area contributed by atoms with Gasteiger partial charge in [0.1, 0.15) is 6.04 Å². The second-order valence-electron chi connectivity index (χ2n) is 3.12. The number of rotatable bonds is 6. The summed E-state index contributed by atoms with van der Waals surface area (Å²) in [5, 5.41) is 19.2. The Kier molecular flexibility index (Phi) is 5.32. The van der Waals surface area contributed by atoms with Gasteiger partial charge >= 0.3 is 11.9 Å². The Bertz CT molecular complexity index is 264. The first-order valence-corrected chi connectivity index (χ1v) is 4.35. The Labute approximate surface area is 86.3 Å². The molecule has 0 aromatic rings. The van der Waals surface area contributed by atoms with Crippen LogP contribution in [0.2, 0.25) is 0 Å². The van der Waals surface area contributed by atoms with E-state index in [1.165, 1.54) is 6.92 Å². The van der Waals surface area contributed by atoms with Crippen LogP contribution in [0.15, 0.2) is 0 Å². The third-order valence-corrected chi connectivity index (χ3v) is 1.68. The van der Waals surface area contributed by atoms with E-state index in [0.29, 0.717) is 0 Å². The van der Waals surface area contributed by atoms with Crippen molar-refractivity contribution in [3.63, 3.8) is 0 Å². The van der Waals surface area contributed by atoms with E-state index in [2.05, 4.69) is 5.32 Å². The summed E-state index contributed by atoms with van der Waals surface area (Å²) in [5.41, 5.74) is 5.22. The zero-order valence-corrected chi connectivity index (χ0v) is 8.27. The van der Waals surface area contributed by atoms with Crippen LogP contribution in [0.4, 0.5) is 0 Å². The summed E-state index contributed by atoms with van der Waals surface area (Å²) in [6, 6.07) is -2.03. The molecule has 0 fully saturated rings. The number of hydrogen-bond acceptors (Lipinski definition) is 4. The number of hydrogen-bond donors (Lipinski definition) is 4. The predicted octanol–water partition coefficient (Wildman–Crippen LogP) is -1.23. The SMILES string of the molecule is C[C@H](N)C(=O)N[C@H](CCC(=O)O)C(=O)O. The first kappa shape index (κ1) is 13.4. The minimum absolute atomic E-state index is 0.164. The number of amides is 1. The van der Waals surface area contributed by atoms with Gasteiger partial charge in [-0.05, 0) is 13.3 Å². The van der Waals surface area contributed by atoms with E-state index in [4.69, 9.17) is 15.9 Å². The van der Waals surface area contributed by atoms with Crippen molar-refractivity contribution in [2.45, 2.75) is 31.8 Å². The summed E-state index contributed by atoms with van der Waals surface area (Å²) in [7, 11) is 0. The van der Waals surface area contributed by atoms with Crippen molar-refractivity contribution < 1.29 is 24.6 Å². The molecule has 7 heteroatoms. The van der Waals surface area contributed by atoms with Gasteiger partial charge in [-0.1, -0.05) is 0 Å². The van der Waals surface area contributed by atoms with Crippen LogP contribution < -0.4 is 11.1 Å². The molecule has 0 rings (SSSR count). The molecular formula is C8H14N2O5. The fraction of sp³-hybridized carbons (Fsp3) is 0.625. The highest BCUT2D eigenvalue weighted by atomic mass is 16.4. The second-order valence-corrected chi connectivity index (χ2v) is 3.12. The fourth-order valence-corrected chi connectivity index (χ4v) is 0.828. The van der Waals surface area contributed by atoms with Crippen molar-refractivity contribution in [3.05, 3.63) is 0 Å². The molecule has 5 N–H and O–H groups in total. The van der Waals surface area contributed by atoms with Gasteiger partial charge in [0.25, 0.3) is 0 Å². The summed E-state index contributed by atoms with van der Waals surface area (Å²) in [6.45, 7) is 1.41. The average Bonchev–Trinajstić information content (AvgIpc) is 2.10. The van der Waals surface area contributed by atoms with Crippen LogP contribution in [0.1, 0.15) is 19.8 Å². The maximum absolute atomic E-state index is 11.1. The van der Waals surface area contributed by atoms with Crippen LogP contribution in [-0.4, -0.2) is 40.1 Å². The molecule has 0 saturated carbocycles. The maximum atomic E-state index is 11.1. The highest BCUT2D eigenvalue weighted by Crippen LogP contribution is 1.98. The molecule has 0 radical (unpaired) electrons. The van der Waals surface area contributed by atoms with E-state index in [-0.39, 0.29) is 12.8 Å². The quantitative estimate of drug-likeness (QED) is 0.441. The number of nitrogens with one attached hydrogen (secondary N) is 1. The topological polar surface area (TPSA) is 130 Å². The van der Waals surface area contributed by atoms with Crippen LogP contribution in [0, 0.1) is 0 Å². The van der Waals surface area contributed by atoms with Crippen LogP contribution in [0.3, 0.4) is 0 Å². The summed E-state index contributed by atoms with van der Waals surface area (Å²) in [6.07, 6.45) is -0.487. The molecule has 2 atom stereocenters. The monoisotopic (exact) mass is 218 g/mol. The van der Waals surface area contributed by atoms with E-state index in [1.54, 1.807) is 0 Å². The third-order valence-electron chi connectivity index (χ3n) is 1.68. The number of carbonyl (C=O) groups excluding carboxylic acids is 1. The first-order chi connectivity index (χ1) is 6.84.